The third kappa shape index (κ3) is 9.45. The van der Waals surface area contributed by atoms with Crippen LogP contribution in [0.25, 0.3) is 0 Å². The molecule has 2 rings (SSSR count). The van der Waals surface area contributed by atoms with Crippen molar-refractivity contribution in [2.45, 2.75) is 51.5 Å². The lowest BCUT2D eigenvalue weighted by Gasteiger charge is -2.22. The summed E-state index contributed by atoms with van der Waals surface area (Å²) in [5.74, 6) is -0.370. The summed E-state index contributed by atoms with van der Waals surface area (Å²) >= 11 is 5.43. The van der Waals surface area contributed by atoms with E-state index in [0.717, 1.165) is 24.0 Å². The molecule has 4 N–H and O–H groups in total. The molecule has 0 aliphatic rings. The van der Waals surface area contributed by atoms with Crippen LogP contribution in [0.1, 0.15) is 37.3 Å². The predicted octanol–water partition coefficient (Wildman–Crippen LogP) is 3.46. The fourth-order valence-electron chi connectivity index (χ4n) is 2.87. The number of amides is 2. The lowest BCUT2D eigenvalue weighted by molar-refractivity contribution is -0.123. The van der Waals surface area contributed by atoms with Crippen LogP contribution in [0.2, 0.25) is 0 Å². The zero-order valence-corrected chi connectivity index (χ0v) is 19.1. The van der Waals surface area contributed by atoms with Gasteiger partial charge in [-0.25, -0.2) is 4.79 Å². The van der Waals surface area contributed by atoms with Gasteiger partial charge in [-0.3, -0.25) is 4.79 Å². The summed E-state index contributed by atoms with van der Waals surface area (Å²) in [5.41, 5.74) is 7.43. The highest BCUT2D eigenvalue weighted by Gasteiger charge is 2.23. The number of benzene rings is 2. The largest absolute Gasteiger partial charge is 0.480 e. The quantitative estimate of drug-likeness (QED) is 0.333. The monoisotopic (exact) mass is 457 g/mol. The van der Waals surface area contributed by atoms with Gasteiger partial charge in [-0.2, -0.15) is 0 Å². The number of carbonyl (C=O) groups excluding carboxylic acids is 2. The molecule has 0 aromatic heterocycles. The van der Waals surface area contributed by atoms with Gasteiger partial charge in [0.05, 0.1) is 6.04 Å². The van der Waals surface area contributed by atoms with E-state index >= 15 is 0 Å². The number of hydrogen-bond donors (Lipinski definition) is 3. The van der Waals surface area contributed by atoms with Gasteiger partial charge in [0.2, 0.25) is 5.91 Å². The van der Waals surface area contributed by atoms with E-state index in [1.165, 1.54) is 0 Å². The number of nitrogens with one attached hydrogen (secondary N) is 2. The summed E-state index contributed by atoms with van der Waals surface area (Å²) < 4.78 is 10.9. The van der Waals surface area contributed by atoms with Gasteiger partial charge in [-0.1, -0.05) is 60.7 Å². The lowest BCUT2D eigenvalue weighted by Crippen LogP contribution is -2.50. The Bertz CT molecular complexity index is 849. The van der Waals surface area contributed by atoms with E-state index in [0.29, 0.717) is 24.6 Å². The highest BCUT2D eigenvalue weighted by Crippen LogP contribution is 2.08. The molecule has 8 heteroatoms. The highest BCUT2D eigenvalue weighted by atomic mass is 32.1. The molecule has 0 unspecified atom stereocenters. The maximum atomic E-state index is 12.7. The fourth-order valence-corrected chi connectivity index (χ4v) is 3.11. The molecule has 2 aromatic carbocycles. The summed E-state index contributed by atoms with van der Waals surface area (Å²) in [7, 11) is 0. The van der Waals surface area contributed by atoms with Gasteiger partial charge in [0.15, 0.2) is 5.05 Å². The van der Waals surface area contributed by atoms with Crippen LogP contribution in [0.15, 0.2) is 60.7 Å². The standard InChI is InChI=1S/C24H31N3O4S/c1-18(26-24(29)31-17-20-12-6-3-7-13-20)22(28)27-21(14-8-9-15-25)23(32)30-16-19-10-4-2-5-11-19/h2-7,10-13,18,21H,8-9,14-17,25H2,1H3,(H,26,29)(H,27,28)/t18-,21-/m0/s1. The van der Waals surface area contributed by atoms with Crippen LogP contribution in [0.3, 0.4) is 0 Å². The second-order valence-electron chi connectivity index (χ2n) is 7.37. The molecule has 0 aliphatic heterocycles. The van der Waals surface area contributed by atoms with Crippen molar-refractivity contribution >= 4 is 29.3 Å². The van der Waals surface area contributed by atoms with E-state index in [1.54, 1.807) is 6.92 Å². The van der Waals surface area contributed by atoms with E-state index in [2.05, 4.69) is 10.6 Å². The molecular formula is C24H31N3O4S. The Morgan fingerprint density at radius 1 is 0.906 bits per heavy atom. The van der Waals surface area contributed by atoms with Gasteiger partial charge < -0.3 is 25.8 Å². The lowest BCUT2D eigenvalue weighted by atomic mass is 10.1. The van der Waals surface area contributed by atoms with Gasteiger partial charge in [-0.05, 0) is 56.1 Å². The summed E-state index contributed by atoms with van der Waals surface area (Å²) in [4.78, 5) is 24.7. The minimum absolute atomic E-state index is 0.125. The molecule has 0 heterocycles. The summed E-state index contributed by atoms with van der Waals surface area (Å²) in [6.45, 7) is 2.59. The number of rotatable bonds is 12. The van der Waals surface area contributed by atoms with Crippen molar-refractivity contribution in [3.05, 3.63) is 71.8 Å². The minimum atomic E-state index is -0.799. The first kappa shape index (κ1) is 25.3. The van der Waals surface area contributed by atoms with Crippen LogP contribution < -0.4 is 16.4 Å². The number of carbonyl (C=O) groups is 2. The molecule has 32 heavy (non-hydrogen) atoms. The molecule has 0 bridgehead atoms. The number of alkyl carbamates (subject to hydrolysis) is 1. The van der Waals surface area contributed by atoms with Crippen LogP contribution in [-0.4, -0.2) is 35.7 Å². The first-order chi connectivity index (χ1) is 15.5. The summed E-state index contributed by atoms with van der Waals surface area (Å²) in [6, 6.07) is 17.7. The average Bonchev–Trinajstić information content (AvgIpc) is 2.82. The van der Waals surface area contributed by atoms with Crippen LogP contribution in [0.4, 0.5) is 4.79 Å². The fraction of sp³-hybridized carbons (Fsp3) is 0.375. The molecule has 0 spiro atoms. The van der Waals surface area contributed by atoms with Crippen molar-refractivity contribution in [3.8, 4) is 0 Å². The Kier molecular flexibility index (Phi) is 11.2. The van der Waals surface area contributed by atoms with Crippen LogP contribution in [0, 0.1) is 0 Å². The van der Waals surface area contributed by atoms with Crippen molar-refractivity contribution in [3.63, 3.8) is 0 Å². The molecule has 0 radical (unpaired) electrons. The number of hydrogen-bond acceptors (Lipinski definition) is 6. The molecule has 2 amide bonds. The molecule has 2 aromatic rings. The topological polar surface area (TPSA) is 103 Å². The molecule has 0 saturated heterocycles. The second-order valence-corrected chi connectivity index (χ2v) is 7.77. The Hall–Kier alpha value is -2.97. The van der Waals surface area contributed by atoms with Crippen molar-refractivity contribution in [1.29, 1.82) is 0 Å². The van der Waals surface area contributed by atoms with Crippen molar-refractivity contribution in [1.82, 2.24) is 10.6 Å². The summed E-state index contributed by atoms with van der Waals surface area (Å²) in [6.07, 6.45) is 1.53. The van der Waals surface area contributed by atoms with Gasteiger partial charge in [0, 0.05) is 0 Å². The molecule has 0 aliphatic carbocycles. The molecular weight excluding hydrogens is 426 g/mol. The molecule has 0 saturated carbocycles. The number of nitrogens with two attached hydrogens (primary N) is 1. The maximum Gasteiger partial charge on any atom is 0.408 e. The van der Waals surface area contributed by atoms with E-state index in [4.69, 9.17) is 27.4 Å². The number of ether oxygens (including phenoxy) is 2. The zero-order valence-electron chi connectivity index (χ0n) is 18.3. The van der Waals surface area contributed by atoms with E-state index < -0.39 is 18.2 Å². The van der Waals surface area contributed by atoms with Gasteiger partial charge in [-0.15, -0.1) is 0 Å². The smallest absolute Gasteiger partial charge is 0.408 e. The van der Waals surface area contributed by atoms with Crippen molar-refractivity contribution in [2.75, 3.05) is 6.54 Å². The van der Waals surface area contributed by atoms with Gasteiger partial charge in [0.1, 0.15) is 19.3 Å². The zero-order chi connectivity index (χ0) is 23.2. The summed E-state index contributed by atoms with van der Waals surface area (Å²) in [5, 5.41) is 5.72. The van der Waals surface area contributed by atoms with Gasteiger partial charge in [0.25, 0.3) is 0 Å². The molecule has 0 fully saturated rings. The number of unbranched alkanes of at least 4 members (excludes halogenated alkanes) is 1. The molecule has 7 nitrogen and oxygen atoms in total. The molecule has 2 atom stereocenters. The Balaban J connectivity index is 1.85. The highest BCUT2D eigenvalue weighted by molar-refractivity contribution is 7.80. The number of thiocarbonyl (C=S) groups is 1. The minimum Gasteiger partial charge on any atom is -0.480 e. The van der Waals surface area contributed by atoms with Crippen molar-refractivity contribution in [2.24, 2.45) is 5.73 Å². The first-order valence-corrected chi connectivity index (χ1v) is 11.1. The normalized spacial score (nSPS) is 12.3. The van der Waals surface area contributed by atoms with Crippen LogP contribution in [-0.2, 0) is 27.5 Å². The third-order valence-electron chi connectivity index (χ3n) is 4.71. The van der Waals surface area contributed by atoms with Crippen LogP contribution in [0.5, 0.6) is 0 Å². The maximum absolute atomic E-state index is 12.7. The van der Waals surface area contributed by atoms with E-state index in [9.17, 15) is 9.59 Å². The van der Waals surface area contributed by atoms with Crippen molar-refractivity contribution < 1.29 is 19.1 Å². The Labute approximate surface area is 194 Å². The SMILES string of the molecule is C[C@H](NC(=O)OCc1ccccc1)C(=O)N[C@@H](CCCCN)C(=S)OCc1ccccc1. The first-order valence-electron chi connectivity index (χ1n) is 10.7. The van der Waals surface area contributed by atoms with Crippen LogP contribution >= 0.6 is 12.2 Å². The predicted molar refractivity (Wildman–Crippen MR) is 128 cm³/mol. The molecule has 172 valence electrons. The van der Waals surface area contributed by atoms with E-state index in [1.807, 2.05) is 60.7 Å². The average molecular weight is 458 g/mol. The Morgan fingerprint density at radius 3 is 2.03 bits per heavy atom. The third-order valence-corrected chi connectivity index (χ3v) is 5.11. The van der Waals surface area contributed by atoms with E-state index in [-0.39, 0.29) is 12.5 Å². The second kappa shape index (κ2) is 14.2. The van der Waals surface area contributed by atoms with Gasteiger partial charge >= 0.3 is 6.09 Å². The Morgan fingerprint density at radius 2 is 1.47 bits per heavy atom.